The molecule has 0 saturated carbocycles. The molecule has 2 N–H and O–H groups in total. The Kier molecular flexibility index (Phi) is 8.21. The SMILES string of the molecule is CCOc1c(OC)cc([C@@H](O)[C@H](CC2Cc3ccccc3C2)Cn2ccc(CC(=O)O)c2)cc1OC. The Labute approximate surface area is 212 Å². The van der Waals surface area contributed by atoms with Crippen LogP contribution in [0.15, 0.2) is 54.9 Å². The molecule has 4 rings (SSSR count). The molecule has 0 unspecified atom stereocenters. The molecule has 192 valence electrons. The van der Waals surface area contributed by atoms with Crippen molar-refractivity contribution in [2.24, 2.45) is 11.8 Å². The summed E-state index contributed by atoms with van der Waals surface area (Å²) >= 11 is 0. The minimum atomic E-state index is -0.860. The number of benzene rings is 2. The molecule has 0 amide bonds. The van der Waals surface area contributed by atoms with Gasteiger partial charge in [0.15, 0.2) is 11.5 Å². The molecule has 0 aliphatic heterocycles. The van der Waals surface area contributed by atoms with Gasteiger partial charge < -0.3 is 29.0 Å². The van der Waals surface area contributed by atoms with E-state index in [4.69, 9.17) is 19.3 Å². The second-order valence-electron chi connectivity index (χ2n) is 9.46. The first-order valence-corrected chi connectivity index (χ1v) is 12.4. The van der Waals surface area contributed by atoms with Crippen LogP contribution in [0.5, 0.6) is 17.2 Å². The van der Waals surface area contributed by atoms with Crippen molar-refractivity contribution in [2.75, 3.05) is 20.8 Å². The molecule has 0 radical (unpaired) electrons. The van der Waals surface area contributed by atoms with Crippen molar-refractivity contribution < 1.29 is 29.2 Å². The Bertz CT molecular complexity index is 1140. The van der Waals surface area contributed by atoms with Crippen LogP contribution < -0.4 is 14.2 Å². The third-order valence-electron chi connectivity index (χ3n) is 6.94. The number of hydrogen-bond donors (Lipinski definition) is 2. The number of methoxy groups -OCH3 is 2. The van der Waals surface area contributed by atoms with Gasteiger partial charge in [-0.1, -0.05) is 24.3 Å². The van der Waals surface area contributed by atoms with Gasteiger partial charge in [0.1, 0.15) is 0 Å². The number of aliphatic hydroxyl groups excluding tert-OH is 1. The van der Waals surface area contributed by atoms with Crippen molar-refractivity contribution in [1.82, 2.24) is 4.57 Å². The van der Waals surface area contributed by atoms with Crippen LogP contribution in [0.4, 0.5) is 0 Å². The number of ether oxygens (including phenoxy) is 3. The zero-order valence-electron chi connectivity index (χ0n) is 21.1. The van der Waals surface area contributed by atoms with Crippen molar-refractivity contribution in [1.29, 1.82) is 0 Å². The van der Waals surface area contributed by atoms with Crippen LogP contribution in [0.1, 0.15) is 41.7 Å². The summed E-state index contributed by atoms with van der Waals surface area (Å²) in [6, 6.07) is 14.0. The molecule has 2 aromatic carbocycles. The van der Waals surface area contributed by atoms with E-state index in [1.807, 2.05) is 42.1 Å². The fourth-order valence-electron chi connectivity index (χ4n) is 5.33. The minimum absolute atomic E-state index is 0.0224. The molecule has 3 aromatic rings. The summed E-state index contributed by atoms with van der Waals surface area (Å²) in [4.78, 5) is 11.1. The second-order valence-corrected chi connectivity index (χ2v) is 9.46. The number of nitrogens with zero attached hydrogens (tertiary/aromatic N) is 1. The smallest absolute Gasteiger partial charge is 0.307 e. The van der Waals surface area contributed by atoms with Crippen LogP contribution in [0.2, 0.25) is 0 Å². The molecule has 1 aliphatic carbocycles. The summed E-state index contributed by atoms with van der Waals surface area (Å²) in [7, 11) is 3.15. The number of carboxylic acids is 1. The van der Waals surface area contributed by atoms with Crippen LogP contribution in [0.25, 0.3) is 0 Å². The van der Waals surface area contributed by atoms with Gasteiger partial charge in [0.25, 0.3) is 0 Å². The van der Waals surface area contributed by atoms with Gasteiger partial charge >= 0.3 is 5.97 Å². The second kappa shape index (κ2) is 11.5. The van der Waals surface area contributed by atoms with Gasteiger partial charge in [-0.25, -0.2) is 0 Å². The molecule has 0 bridgehead atoms. The average molecular weight is 494 g/mol. The summed E-state index contributed by atoms with van der Waals surface area (Å²) in [5, 5.41) is 20.8. The standard InChI is InChI=1S/C29H35NO6/c1-4-36-29-25(34-2)15-23(16-26(29)35-3)28(33)24(18-30-10-9-19(17-30)14-27(31)32)13-20-11-21-7-5-6-8-22(21)12-20/h5-10,15-17,20,24,28,33H,4,11-14,18H2,1-3H3,(H,31,32)/t24-,28-/m1/s1. The first kappa shape index (κ1) is 25.6. The average Bonchev–Trinajstić information content (AvgIpc) is 3.48. The zero-order valence-corrected chi connectivity index (χ0v) is 21.1. The predicted molar refractivity (Wildman–Crippen MR) is 137 cm³/mol. The van der Waals surface area contributed by atoms with Crippen molar-refractivity contribution in [3.63, 3.8) is 0 Å². The molecule has 0 fully saturated rings. The molecular weight excluding hydrogens is 458 g/mol. The van der Waals surface area contributed by atoms with Gasteiger partial charge in [-0.15, -0.1) is 0 Å². The zero-order chi connectivity index (χ0) is 25.7. The molecule has 0 spiro atoms. The number of carbonyl (C=O) groups is 1. The number of fused-ring (bicyclic) bond motifs is 1. The third kappa shape index (κ3) is 5.85. The number of hydrogen-bond acceptors (Lipinski definition) is 5. The van der Waals surface area contributed by atoms with Gasteiger partial charge in [-0.05, 0) is 72.6 Å². The highest BCUT2D eigenvalue weighted by Crippen LogP contribution is 2.43. The van der Waals surface area contributed by atoms with E-state index in [9.17, 15) is 9.90 Å². The third-order valence-corrected chi connectivity index (χ3v) is 6.94. The van der Waals surface area contributed by atoms with Crippen LogP contribution in [-0.2, 0) is 30.6 Å². The lowest BCUT2D eigenvalue weighted by atomic mass is 9.85. The summed E-state index contributed by atoms with van der Waals surface area (Å²) in [5.74, 6) is 1.000. The number of aliphatic carboxylic acids is 1. The van der Waals surface area contributed by atoms with Gasteiger partial charge in [0.2, 0.25) is 5.75 Å². The highest BCUT2D eigenvalue weighted by molar-refractivity contribution is 5.70. The molecule has 7 heteroatoms. The van der Waals surface area contributed by atoms with Crippen LogP contribution in [0.3, 0.4) is 0 Å². The summed E-state index contributed by atoms with van der Waals surface area (Å²) in [5.41, 5.74) is 4.20. The maximum absolute atomic E-state index is 11.7. The van der Waals surface area contributed by atoms with Gasteiger partial charge in [0.05, 0.1) is 33.4 Å². The number of carboxylic acid groups (broad SMARTS) is 1. The fourth-order valence-corrected chi connectivity index (χ4v) is 5.33. The maximum Gasteiger partial charge on any atom is 0.307 e. The summed E-state index contributed by atoms with van der Waals surface area (Å²) in [6.45, 7) is 2.92. The highest BCUT2D eigenvalue weighted by Gasteiger charge is 2.30. The van der Waals surface area contributed by atoms with Crippen molar-refractivity contribution in [3.05, 3.63) is 77.1 Å². The fraction of sp³-hybridized carbons (Fsp3) is 0.414. The topological polar surface area (TPSA) is 90.2 Å². The Morgan fingerprint density at radius 2 is 1.72 bits per heavy atom. The lowest BCUT2D eigenvalue weighted by Gasteiger charge is -2.27. The van der Waals surface area contributed by atoms with E-state index in [1.165, 1.54) is 11.1 Å². The van der Waals surface area contributed by atoms with Crippen LogP contribution in [0, 0.1) is 11.8 Å². The first-order chi connectivity index (χ1) is 17.4. The molecule has 36 heavy (non-hydrogen) atoms. The summed E-state index contributed by atoms with van der Waals surface area (Å²) in [6.07, 6.45) is 5.75. The van der Waals surface area contributed by atoms with Crippen LogP contribution >= 0.6 is 0 Å². The quantitative estimate of drug-likeness (QED) is 0.381. The highest BCUT2D eigenvalue weighted by atomic mass is 16.5. The minimum Gasteiger partial charge on any atom is -0.493 e. The lowest BCUT2D eigenvalue weighted by Crippen LogP contribution is -2.22. The Balaban J connectivity index is 1.62. The Hall–Kier alpha value is -3.45. The predicted octanol–water partition coefficient (Wildman–Crippen LogP) is 4.69. The van der Waals surface area contributed by atoms with E-state index in [2.05, 4.69) is 24.3 Å². The molecule has 1 heterocycles. The van der Waals surface area contributed by atoms with Gasteiger partial charge in [-0.3, -0.25) is 4.79 Å². The largest absolute Gasteiger partial charge is 0.493 e. The number of aromatic nitrogens is 1. The molecule has 2 atom stereocenters. The van der Waals surface area contributed by atoms with Gasteiger partial charge in [0, 0.05) is 24.9 Å². The van der Waals surface area contributed by atoms with Crippen molar-refractivity contribution in [2.45, 2.75) is 45.3 Å². The lowest BCUT2D eigenvalue weighted by molar-refractivity contribution is -0.136. The Morgan fingerprint density at radius 1 is 1.08 bits per heavy atom. The van der Waals surface area contributed by atoms with E-state index < -0.39 is 12.1 Å². The maximum atomic E-state index is 11.7. The number of rotatable bonds is 12. The molecule has 0 saturated heterocycles. The summed E-state index contributed by atoms with van der Waals surface area (Å²) < 4.78 is 18.9. The van der Waals surface area contributed by atoms with Gasteiger partial charge in [-0.2, -0.15) is 0 Å². The van der Waals surface area contributed by atoms with Crippen LogP contribution in [-0.4, -0.2) is 41.6 Å². The molecule has 7 nitrogen and oxygen atoms in total. The van der Waals surface area contributed by atoms with E-state index in [-0.39, 0.29) is 12.3 Å². The van der Waals surface area contributed by atoms with E-state index in [0.717, 1.165) is 24.8 Å². The molecule has 1 aromatic heterocycles. The van der Waals surface area contributed by atoms with E-state index in [1.54, 1.807) is 14.2 Å². The van der Waals surface area contributed by atoms with E-state index >= 15 is 0 Å². The molecular formula is C29H35NO6. The Morgan fingerprint density at radius 3 is 2.28 bits per heavy atom. The number of aliphatic hydroxyl groups is 1. The van der Waals surface area contributed by atoms with E-state index in [0.29, 0.717) is 41.9 Å². The monoisotopic (exact) mass is 493 g/mol. The normalized spacial score (nSPS) is 14.8. The molecule has 1 aliphatic rings. The van der Waals surface area contributed by atoms with Crippen molar-refractivity contribution in [3.8, 4) is 17.2 Å². The first-order valence-electron chi connectivity index (χ1n) is 12.4. The van der Waals surface area contributed by atoms with Crippen molar-refractivity contribution >= 4 is 5.97 Å².